The molecule has 108 valence electrons. The van der Waals surface area contributed by atoms with Crippen LogP contribution in [0.15, 0.2) is 10.2 Å². The highest BCUT2D eigenvalue weighted by atomic mass is 32.1. The van der Waals surface area contributed by atoms with Gasteiger partial charge in [0.2, 0.25) is 0 Å². The molecule has 11 heteroatoms. The van der Waals surface area contributed by atoms with Gasteiger partial charge in [0.15, 0.2) is 10.2 Å². The largest absolute Gasteiger partial charge is 0.394 e. The van der Waals surface area contributed by atoms with E-state index >= 15 is 0 Å². The molecule has 2 atom stereocenters. The van der Waals surface area contributed by atoms with Crippen LogP contribution in [-0.2, 0) is 0 Å². The van der Waals surface area contributed by atoms with Gasteiger partial charge in [0.05, 0.1) is 24.6 Å². The normalized spacial score (nSPS) is 15.0. The minimum atomic E-state index is -1.30. The van der Waals surface area contributed by atoms with Crippen molar-refractivity contribution in [2.24, 2.45) is 21.7 Å². The molecule has 0 aliphatic rings. The van der Waals surface area contributed by atoms with E-state index in [4.69, 9.17) is 16.6 Å². The van der Waals surface area contributed by atoms with E-state index in [-0.39, 0.29) is 22.4 Å². The second kappa shape index (κ2) is 9.52. The highest BCUT2D eigenvalue weighted by Gasteiger charge is 2.17. The summed E-state index contributed by atoms with van der Waals surface area (Å²) in [4.78, 5) is 0. The summed E-state index contributed by atoms with van der Waals surface area (Å²) in [6.07, 6.45) is -1.42. The van der Waals surface area contributed by atoms with Gasteiger partial charge >= 0.3 is 0 Å². The Bertz CT molecular complexity index is 375. The predicted octanol–water partition coefficient (Wildman–Crippen LogP) is -2.90. The van der Waals surface area contributed by atoms with Gasteiger partial charge in [-0.25, -0.2) is 0 Å². The van der Waals surface area contributed by atoms with Crippen molar-refractivity contribution in [3.63, 3.8) is 0 Å². The van der Waals surface area contributed by atoms with Crippen molar-refractivity contribution in [2.75, 3.05) is 6.61 Å². The van der Waals surface area contributed by atoms with Crippen molar-refractivity contribution in [3.8, 4) is 0 Å². The van der Waals surface area contributed by atoms with Crippen molar-refractivity contribution < 1.29 is 15.3 Å². The smallest absolute Gasteiger partial charge is 0.184 e. The molecule has 0 aromatic rings. The number of hydrogen-bond acceptors (Lipinski definition) is 7. The Labute approximate surface area is 120 Å². The van der Waals surface area contributed by atoms with Gasteiger partial charge in [0.25, 0.3) is 0 Å². The van der Waals surface area contributed by atoms with Crippen LogP contribution in [0.3, 0.4) is 0 Å². The maximum Gasteiger partial charge on any atom is 0.184 e. The van der Waals surface area contributed by atoms with E-state index in [9.17, 15) is 10.2 Å². The van der Waals surface area contributed by atoms with Crippen LogP contribution >= 0.6 is 24.4 Å². The number of thiocarbonyl (C=S) groups is 2. The van der Waals surface area contributed by atoms with Crippen molar-refractivity contribution >= 4 is 46.6 Å². The van der Waals surface area contributed by atoms with E-state index in [1.54, 1.807) is 0 Å². The predicted molar refractivity (Wildman–Crippen MR) is 79.5 cm³/mol. The molecule has 0 bridgehead atoms. The molecule has 2 unspecified atom stereocenters. The van der Waals surface area contributed by atoms with Crippen LogP contribution in [0, 0.1) is 0 Å². The zero-order valence-electron chi connectivity index (χ0n) is 9.85. The van der Waals surface area contributed by atoms with Crippen molar-refractivity contribution in [1.29, 1.82) is 0 Å². The van der Waals surface area contributed by atoms with Crippen LogP contribution in [-0.4, -0.2) is 56.3 Å². The minimum Gasteiger partial charge on any atom is -0.394 e. The van der Waals surface area contributed by atoms with Gasteiger partial charge in [-0.2, -0.15) is 10.2 Å². The number of hydrazone groups is 2. The van der Waals surface area contributed by atoms with E-state index in [1.165, 1.54) is 6.21 Å². The maximum atomic E-state index is 9.55. The Balaban J connectivity index is 4.67. The Morgan fingerprint density at radius 2 is 1.74 bits per heavy atom. The van der Waals surface area contributed by atoms with Crippen LogP contribution in [0.5, 0.6) is 0 Å². The van der Waals surface area contributed by atoms with E-state index in [0.717, 1.165) is 0 Å². The molecule has 0 radical (unpaired) electrons. The van der Waals surface area contributed by atoms with Gasteiger partial charge in [-0.1, -0.05) is 0 Å². The zero-order valence-corrected chi connectivity index (χ0v) is 11.5. The van der Waals surface area contributed by atoms with Crippen LogP contribution in [0.4, 0.5) is 0 Å². The molecule has 9 N–H and O–H groups in total. The van der Waals surface area contributed by atoms with Crippen molar-refractivity contribution in [2.45, 2.75) is 18.6 Å². The van der Waals surface area contributed by atoms with Gasteiger partial charge in [0, 0.05) is 6.42 Å². The molecule has 0 aromatic heterocycles. The second-order valence-electron chi connectivity index (χ2n) is 3.33. The number of nitrogens with one attached hydrogen (secondary N) is 2. The van der Waals surface area contributed by atoms with Crippen LogP contribution in [0.25, 0.3) is 0 Å². The lowest BCUT2D eigenvalue weighted by molar-refractivity contribution is -0.00974. The Morgan fingerprint density at radius 3 is 2.21 bits per heavy atom. The summed E-state index contributed by atoms with van der Waals surface area (Å²) in [5.41, 5.74) is 15.2. The van der Waals surface area contributed by atoms with Gasteiger partial charge in [-0.15, -0.1) is 0 Å². The van der Waals surface area contributed by atoms with Crippen molar-refractivity contribution in [3.05, 3.63) is 0 Å². The van der Waals surface area contributed by atoms with Gasteiger partial charge in [-0.05, 0) is 24.4 Å². The van der Waals surface area contributed by atoms with Crippen LogP contribution < -0.4 is 22.3 Å². The first-order chi connectivity index (χ1) is 8.86. The molecule has 0 rings (SSSR count). The molecule has 19 heavy (non-hydrogen) atoms. The molecule has 0 saturated carbocycles. The molecule has 0 fully saturated rings. The lowest BCUT2D eigenvalue weighted by Gasteiger charge is -2.15. The molecular formula is C8H16N6O3S2. The second-order valence-corrected chi connectivity index (χ2v) is 4.21. The van der Waals surface area contributed by atoms with Gasteiger partial charge < -0.3 is 26.8 Å². The van der Waals surface area contributed by atoms with Crippen LogP contribution in [0.2, 0.25) is 0 Å². The summed E-state index contributed by atoms with van der Waals surface area (Å²) in [7, 11) is 0. The fourth-order valence-electron chi connectivity index (χ4n) is 0.897. The Hall–Kier alpha value is -1.40. The summed E-state index contributed by atoms with van der Waals surface area (Å²) in [5.74, 6) is 0. The quantitative estimate of drug-likeness (QED) is 0.148. The van der Waals surface area contributed by atoms with E-state index in [0.29, 0.717) is 0 Å². The number of nitrogens with zero attached hydrogens (tertiary/aromatic N) is 2. The average Bonchev–Trinajstić information content (AvgIpc) is 2.33. The van der Waals surface area contributed by atoms with Gasteiger partial charge in [0.1, 0.15) is 6.10 Å². The van der Waals surface area contributed by atoms with Gasteiger partial charge in [-0.3, -0.25) is 10.9 Å². The number of aliphatic hydroxyl groups excluding tert-OH is 3. The summed E-state index contributed by atoms with van der Waals surface area (Å²) >= 11 is 9.10. The third-order valence-electron chi connectivity index (χ3n) is 1.75. The first-order valence-corrected chi connectivity index (χ1v) is 5.86. The highest BCUT2D eigenvalue weighted by molar-refractivity contribution is 7.80. The van der Waals surface area contributed by atoms with Crippen molar-refractivity contribution in [1.82, 2.24) is 10.9 Å². The number of aliphatic hydroxyl groups is 3. The number of rotatable bonds is 7. The summed E-state index contributed by atoms with van der Waals surface area (Å²) in [5, 5.41) is 34.7. The number of nitrogens with two attached hydrogens (primary N) is 2. The van der Waals surface area contributed by atoms with E-state index < -0.39 is 18.8 Å². The topological polar surface area (TPSA) is 162 Å². The molecule has 0 spiro atoms. The lowest BCUT2D eigenvalue weighted by atomic mass is 10.1. The average molecular weight is 308 g/mol. The Morgan fingerprint density at radius 1 is 1.16 bits per heavy atom. The standard InChI is InChI=1S/C8H16N6O3S2/c9-7(18)13-11-2-4(12-14-8(10)19)1-5(16)6(17)3-15/h2,5-6,15-17H,1,3H2,(H3,9,13,18)(H3,10,14,19)/b11-2-,12-4+. The fraction of sp³-hybridized carbons (Fsp3) is 0.500. The first-order valence-electron chi connectivity index (χ1n) is 5.04. The monoisotopic (exact) mass is 308 g/mol. The van der Waals surface area contributed by atoms with E-state index in [1.807, 2.05) is 0 Å². The molecule has 0 heterocycles. The third kappa shape index (κ3) is 9.21. The molecule has 0 aliphatic carbocycles. The maximum absolute atomic E-state index is 9.55. The minimum absolute atomic E-state index is 0.0474. The summed E-state index contributed by atoms with van der Waals surface area (Å²) in [6, 6.07) is 0. The summed E-state index contributed by atoms with van der Waals surface area (Å²) < 4.78 is 0. The zero-order chi connectivity index (χ0) is 14.8. The first kappa shape index (κ1) is 17.6. The number of hydrogen-bond donors (Lipinski definition) is 7. The molecule has 9 nitrogen and oxygen atoms in total. The molecule has 0 amide bonds. The Kier molecular flexibility index (Phi) is 8.82. The lowest BCUT2D eigenvalue weighted by Crippen LogP contribution is -2.33. The molecular weight excluding hydrogens is 292 g/mol. The molecule has 0 aliphatic heterocycles. The van der Waals surface area contributed by atoms with E-state index in [2.05, 4.69) is 45.5 Å². The SMILES string of the molecule is NC(=S)N/N=C\C(CC(O)C(O)CO)=N\NC(N)=S. The molecule has 0 aromatic carbocycles. The molecule has 0 saturated heterocycles. The summed E-state index contributed by atoms with van der Waals surface area (Å²) in [6.45, 7) is -0.584. The fourth-order valence-corrected chi connectivity index (χ4v) is 0.995. The van der Waals surface area contributed by atoms with Crippen LogP contribution in [0.1, 0.15) is 6.42 Å². The highest BCUT2D eigenvalue weighted by Crippen LogP contribution is 1.99. The third-order valence-corrected chi connectivity index (χ3v) is 1.93.